The summed E-state index contributed by atoms with van der Waals surface area (Å²) in [6.07, 6.45) is 2.59. The molecule has 4 nitrogen and oxygen atoms in total. The molecule has 0 spiro atoms. The molecule has 0 atom stereocenters. The van der Waals surface area contributed by atoms with Gasteiger partial charge in [0.15, 0.2) is 5.82 Å². The van der Waals surface area contributed by atoms with Gasteiger partial charge in [0.2, 0.25) is 0 Å². The number of fused-ring (bicyclic) bond motifs is 1. The summed E-state index contributed by atoms with van der Waals surface area (Å²) >= 11 is 6.10. The minimum atomic E-state index is 0.122. The Labute approximate surface area is 130 Å². The number of aliphatic hydroxyl groups excluding tert-OH is 1. The minimum Gasteiger partial charge on any atom is -0.395 e. The molecule has 1 fully saturated rings. The molecular formula is C16H23ClN3O+. The summed E-state index contributed by atoms with van der Waals surface area (Å²) in [6.45, 7) is 6.39. The van der Waals surface area contributed by atoms with Crippen molar-refractivity contribution in [2.45, 2.75) is 32.9 Å². The van der Waals surface area contributed by atoms with Gasteiger partial charge in [0.25, 0.3) is 0 Å². The van der Waals surface area contributed by atoms with E-state index in [0.29, 0.717) is 11.6 Å². The summed E-state index contributed by atoms with van der Waals surface area (Å²) in [5.41, 5.74) is 1.99. The van der Waals surface area contributed by atoms with E-state index in [2.05, 4.69) is 11.5 Å². The van der Waals surface area contributed by atoms with Gasteiger partial charge >= 0.3 is 0 Å². The van der Waals surface area contributed by atoms with Gasteiger partial charge < -0.3 is 14.6 Å². The predicted octanol–water partition coefficient (Wildman–Crippen LogP) is 1.50. The standard InChI is InChI=1S/C16H22ClN3O/c1-12-4-6-19(7-5-12)11-16-18-14-3-2-13(17)10-15(14)20(16)8-9-21/h2-3,10,12,21H,4-9,11H2,1H3/p+1. The van der Waals surface area contributed by atoms with E-state index in [1.54, 1.807) is 4.90 Å². The molecule has 0 aliphatic carbocycles. The van der Waals surface area contributed by atoms with Gasteiger partial charge in [0.1, 0.15) is 6.54 Å². The molecule has 2 heterocycles. The Morgan fingerprint density at radius 1 is 1.38 bits per heavy atom. The van der Waals surface area contributed by atoms with Gasteiger partial charge in [-0.3, -0.25) is 0 Å². The van der Waals surface area contributed by atoms with Crippen molar-refractivity contribution in [2.24, 2.45) is 5.92 Å². The highest BCUT2D eigenvalue weighted by Crippen LogP contribution is 2.20. The Hall–Kier alpha value is -1.10. The first-order valence-electron chi connectivity index (χ1n) is 7.76. The SMILES string of the molecule is CC1CC[NH+](Cc2nc3ccc(Cl)cc3n2CCO)CC1. The molecule has 0 amide bonds. The maximum Gasteiger partial charge on any atom is 0.165 e. The first-order valence-corrected chi connectivity index (χ1v) is 8.14. The van der Waals surface area contributed by atoms with Crippen LogP contribution in [-0.4, -0.2) is 34.4 Å². The zero-order valence-corrected chi connectivity index (χ0v) is 13.2. The van der Waals surface area contributed by atoms with Crippen LogP contribution in [0.4, 0.5) is 0 Å². The van der Waals surface area contributed by atoms with Gasteiger partial charge in [-0.05, 0) is 37.0 Å². The van der Waals surface area contributed by atoms with Crippen molar-refractivity contribution in [1.82, 2.24) is 9.55 Å². The first kappa shape index (κ1) is 14.8. The fraction of sp³-hybridized carbons (Fsp3) is 0.562. The number of aliphatic hydroxyl groups is 1. The fourth-order valence-corrected chi connectivity index (χ4v) is 3.37. The van der Waals surface area contributed by atoms with Crippen molar-refractivity contribution < 1.29 is 10.0 Å². The molecule has 1 aliphatic rings. The van der Waals surface area contributed by atoms with Crippen LogP contribution in [0.3, 0.4) is 0 Å². The molecule has 5 heteroatoms. The smallest absolute Gasteiger partial charge is 0.165 e. The second-order valence-electron chi connectivity index (χ2n) is 6.15. The average molecular weight is 309 g/mol. The van der Waals surface area contributed by atoms with Gasteiger partial charge in [0.05, 0.1) is 30.7 Å². The summed E-state index contributed by atoms with van der Waals surface area (Å²) < 4.78 is 2.12. The van der Waals surface area contributed by atoms with Gasteiger partial charge in [0, 0.05) is 11.6 Å². The minimum absolute atomic E-state index is 0.122. The Morgan fingerprint density at radius 3 is 2.86 bits per heavy atom. The summed E-state index contributed by atoms with van der Waals surface area (Å²) in [5, 5.41) is 10.1. The highest BCUT2D eigenvalue weighted by molar-refractivity contribution is 6.31. The van der Waals surface area contributed by atoms with Gasteiger partial charge in [-0.25, -0.2) is 4.98 Å². The van der Waals surface area contributed by atoms with E-state index in [-0.39, 0.29) is 6.61 Å². The van der Waals surface area contributed by atoms with Crippen LogP contribution >= 0.6 is 11.6 Å². The van der Waals surface area contributed by atoms with Crippen molar-refractivity contribution in [1.29, 1.82) is 0 Å². The second-order valence-corrected chi connectivity index (χ2v) is 6.58. The number of quaternary nitrogens is 1. The lowest BCUT2D eigenvalue weighted by molar-refractivity contribution is -0.920. The third-order valence-corrected chi connectivity index (χ3v) is 4.74. The number of aromatic nitrogens is 2. The molecule has 1 aromatic heterocycles. The maximum absolute atomic E-state index is 9.34. The lowest BCUT2D eigenvalue weighted by atomic mass is 9.99. The molecule has 0 saturated carbocycles. The zero-order valence-electron chi connectivity index (χ0n) is 12.5. The number of hydrogen-bond acceptors (Lipinski definition) is 2. The van der Waals surface area contributed by atoms with E-state index >= 15 is 0 Å². The molecule has 21 heavy (non-hydrogen) atoms. The van der Waals surface area contributed by atoms with Crippen LogP contribution < -0.4 is 4.90 Å². The number of piperidine rings is 1. The van der Waals surface area contributed by atoms with Crippen LogP contribution in [-0.2, 0) is 13.1 Å². The zero-order chi connectivity index (χ0) is 14.8. The fourth-order valence-electron chi connectivity index (χ4n) is 3.20. The topological polar surface area (TPSA) is 42.5 Å². The van der Waals surface area contributed by atoms with Gasteiger partial charge in [-0.15, -0.1) is 0 Å². The Bertz CT molecular complexity index is 617. The number of imidazole rings is 1. The normalized spacial score (nSPS) is 22.8. The van der Waals surface area contributed by atoms with E-state index in [9.17, 15) is 5.11 Å². The van der Waals surface area contributed by atoms with E-state index in [4.69, 9.17) is 16.6 Å². The summed E-state index contributed by atoms with van der Waals surface area (Å²) in [7, 11) is 0. The van der Waals surface area contributed by atoms with E-state index in [0.717, 1.165) is 29.3 Å². The van der Waals surface area contributed by atoms with Crippen LogP contribution in [0, 0.1) is 5.92 Å². The third-order valence-electron chi connectivity index (χ3n) is 4.50. The van der Waals surface area contributed by atoms with Crippen LogP contribution in [0.15, 0.2) is 18.2 Å². The van der Waals surface area contributed by atoms with Gasteiger partial charge in [-0.1, -0.05) is 18.5 Å². The molecule has 2 N–H and O–H groups in total. The molecule has 0 unspecified atom stereocenters. The monoisotopic (exact) mass is 308 g/mol. The Kier molecular flexibility index (Phi) is 4.48. The number of hydrogen-bond donors (Lipinski definition) is 2. The number of nitrogens with one attached hydrogen (secondary N) is 1. The number of rotatable bonds is 4. The molecule has 0 radical (unpaired) electrons. The van der Waals surface area contributed by atoms with Gasteiger partial charge in [-0.2, -0.15) is 0 Å². The predicted molar refractivity (Wildman–Crippen MR) is 84.6 cm³/mol. The molecule has 1 aromatic carbocycles. The van der Waals surface area contributed by atoms with Crippen LogP contribution in [0.2, 0.25) is 5.02 Å². The quantitative estimate of drug-likeness (QED) is 0.899. The van der Waals surface area contributed by atoms with E-state index < -0.39 is 0 Å². The van der Waals surface area contributed by atoms with Crippen LogP contribution in [0.1, 0.15) is 25.6 Å². The van der Waals surface area contributed by atoms with E-state index in [1.165, 1.54) is 25.9 Å². The lowest BCUT2D eigenvalue weighted by Gasteiger charge is -2.27. The van der Waals surface area contributed by atoms with Crippen LogP contribution in [0.5, 0.6) is 0 Å². The van der Waals surface area contributed by atoms with Crippen molar-refractivity contribution in [3.8, 4) is 0 Å². The molecule has 3 rings (SSSR count). The Balaban J connectivity index is 1.88. The summed E-state index contributed by atoms with van der Waals surface area (Å²) in [6, 6.07) is 5.78. The largest absolute Gasteiger partial charge is 0.395 e. The maximum atomic E-state index is 9.34. The molecule has 114 valence electrons. The number of nitrogens with zero attached hydrogens (tertiary/aromatic N) is 2. The number of benzene rings is 1. The molecular weight excluding hydrogens is 286 g/mol. The van der Waals surface area contributed by atoms with Crippen molar-refractivity contribution in [2.75, 3.05) is 19.7 Å². The van der Waals surface area contributed by atoms with E-state index in [1.807, 2.05) is 18.2 Å². The second kappa shape index (κ2) is 6.34. The number of likely N-dealkylation sites (tertiary alicyclic amines) is 1. The average Bonchev–Trinajstić information content (AvgIpc) is 2.79. The van der Waals surface area contributed by atoms with Crippen molar-refractivity contribution in [3.63, 3.8) is 0 Å². The first-order chi connectivity index (χ1) is 10.2. The summed E-state index contributed by atoms with van der Waals surface area (Å²) in [4.78, 5) is 6.35. The Morgan fingerprint density at radius 2 is 2.14 bits per heavy atom. The highest BCUT2D eigenvalue weighted by atomic mass is 35.5. The highest BCUT2D eigenvalue weighted by Gasteiger charge is 2.22. The van der Waals surface area contributed by atoms with Crippen LogP contribution in [0.25, 0.3) is 11.0 Å². The third kappa shape index (κ3) is 3.23. The van der Waals surface area contributed by atoms with Crippen molar-refractivity contribution >= 4 is 22.6 Å². The number of halogens is 1. The van der Waals surface area contributed by atoms with Crippen molar-refractivity contribution in [3.05, 3.63) is 29.0 Å². The molecule has 0 bridgehead atoms. The molecule has 1 saturated heterocycles. The molecule has 2 aromatic rings. The summed E-state index contributed by atoms with van der Waals surface area (Å²) in [5.74, 6) is 1.91. The lowest BCUT2D eigenvalue weighted by Crippen LogP contribution is -3.11. The molecule has 1 aliphatic heterocycles.